The van der Waals surface area contributed by atoms with Crippen molar-refractivity contribution in [2.75, 3.05) is 5.75 Å². The molecule has 1 aromatic heterocycles. The van der Waals surface area contributed by atoms with Gasteiger partial charge in [0.1, 0.15) is 5.03 Å². The van der Waals surface area contributed by atoms with Crippen molar-refractivity contribution in [3.63, 3.8) is 0 Å². The van der Waals surface area contributed by atoms with Crippen LogP contribution in [0, 0.1) is 18.8 Å². The molecule has 1 amide bonds. The molecule has 0 unspecified atom stereocenters. The Morgan fingerprint density at radius 3 is 2.67 bits per heavy atom. The Morgan fingerprint density at radius 2 is 1.92 bits per heavy atom. The van der Waals surface area contributed by atoms with Crippen molar-refractivity contribution in [2.45, 2.75) is 51.1 Å². The Labute approximate surface area is 147 Å². The van der Waals surface area contributed by atoms with Crippen LogP contribution in [0.25, 0.3) is 11.0 Å². The fourth-order valence-electron chi connectivity index (χ4n) is 3.38. The van der Waals surface area contributed by atoms with Gasteiger partial charge in [0, 0.05) is 6.04 Å². The number of carbonyl (C=O) groups excluding carboxylic acids is 1. The van der Waals surface area contributed by atoms with E-state index in [1.165, 1.54) is 24.6 Å². The lowest BCUT2D eigenvalue weighted by Gasteiger charge is -2.34. The van der Waals surface area contributed by atoms with Crippen molar-refractivity contribution in [2.24, 2.45) is 11.8 Å². The molecule has 0 radical (unpaired) electrons. The largest absolute Gasteiger partial charge is 0.352 e. The number of aromatic nitrogens is 2. The van der Waals surface area contributed by atoms with Crippen LogP contribution in [0.5, 0.6) is 0 Å². The van der Waals surface area contributed by atoms with E-state index < -0.39 is 0 Å². The van der Waals surface area contributed by atoms with Crippen molar-refractivity contribution >= 4 is 28.7 Å². The Kier molecular flexibility index (Phi) is 5.39. The predicted octanol–water partition coefficient (Wildman–Crippen LogP) is 3.97. The van der Waals surface area contributed by atoms with E-state index in [0.717, 1.165) is 28.2 Å². The van der Waals surface area contributed by atoms with E-state index in [1.807, 2.05) is 31.2 Å². The molecule has 24 heavy (non-hydrogen) atoms. The molecule has 3 rings (SSSR count). The van der Waals surface area contributed by atoms with Gasteiger partial charge in [0.05, 0.1) is 22.5 Å². The van der Waals surface area contributed by atoms with Crippen molar-refractivity contribution in [1.82, 2.24) is 15.3 Å². The van der Waals surface area contributed by atoms with Crippen LogP contribution in [0.1, 0.15) is 38.8 Å². The zero-order chi connectivity index (χ0) is 17.1. The molecule has 0 bridgehead atoms. The normalized spacial score (nSPS) is 24.0. The monoisotopic (exact) mass is 343 g/mol. The number of amides is 1. The van der Waals surface area contributed by atoms with Crippen LogP contribution in [0.4, 0.5) is 0 Å². The minimum absolute atomic E-state index is 0.0975. The molecule has 0 saturated heterocycles. The van der Waals surface area contributed by atoms with E-state index >= 15 is 0 Å². The summed E-state index contributed by atoms with van der Waals surface area (Å²) in [6, 6.07) is 8.15. The van der Waals surface area contributed by atoms with E-state index in [9.17, 15) is 4.79 Å². The molecular weight excluding hydrogens is 318 g/mol. The lowest BCUT2D eigenvalue weighted by atomic mass is 9.78. The van der Waals surface area contributed by atoms with Crippen molar-refractivity contribution in [1.29, 1.82) is 0 Å². The topological polar surface area (TPSA) is 54.9 Å². The molecule has 5 heteroatoms. The maximum atomic E-state index is 12.3. The highest BCUT2D eigenvalue weighted by atomic mass is 32.2. The summed E-state index contributed by atoms with van der Waals surface area (Å²) >= 11 is 1.47. The number of thioether (sulfide) groups is 1. The number of rotatable bonds is 4. The first kappa shape index (κ1) is 17.2. The molecule has 1 aliphatic rings. The highest BCUT2D eigenvalue weighted by Gasteiger charge is 2.28. The Hall–Kier alpha value is -1.62. The highest BCUT2D eigenvalue weighted by Crippen LogP contribution is 2.29. The van der Waals surface area contributed by atoms with Gasteiger partial charge >= 0.3 is 0 Å². The standard InChI is InChI=1S/C19H25N3OS/c1-12-7-6-10-15(13(12)2)21-18(23)11-24-19-14(3)20-16-8-4-5-9-17(16)22-19/h4-5,8-9,12-13,15H,6-7,10-11H2,1-3H3,(H,21,23)/t12-,13+,15-/m1/s1. The van der Waals surface area contributed by atoms with Crippen LogP contribution in [0.2, 0.25) is 0 Å². The van der Waals surface area contributed by atoms with Crippen molar-refractivity contribution in [3.05, 3.63) is 30.0 Å². The van der Waals surface area contributed by atoms with Gasteiger partial charge in [0.25, 0.3) is 0 Å². The number of aryl methyl sites for hydroxylation is 1. The third-order valence-electron chi connectivity index (χ3n) is 5.09. The maximum Gasteiger partial charge on any atom is 0.230 e. The van der Waals surface area contributed by atoms with Crippen LogP contribution in [-0.4, -0.2) is 27.7 Å². The smallest absolute Gasteiger partial charge is 0.230 e. The van der Waals surface area contributed by atoms with Gasteiger partial charge in [-0.3, -0.25) is 4.79 Å². The minimum atomic E-state index is 0.0975. The van der Waals surface area contributed by atoms with Crippen LogP contribution in [0.15, 0.2) is 29.3 Å². The van der Waals surface area contributed by atoms with E-state index in [2.05, 4.69) is 29.1 Å². The minimum Gasteiger partial charge on any atom is -0.352 e. The summed E-state index contributed by atoms with van der Waals surface area (Å²) in [4.78, 5) is 21.5. The Morgan fingerprint density at radius 1 is 1.21 bits per heavy atom. The molecule has 1 fully saturated rings. The molecule has 1 aliphatic carbocycles. The molecule has 1 N–H and O–H groups in total. The molecule has 0 spiro atoms. The van der Waals surface area contributed by atoms with Gasteiger partial charge in [0.15, 0.2) is 0 Å². The Balaban J connectivity index is 1.61. The number of para-hydroxylation sites is 2. The van der Waals surface area contributed by atoms with Crippen molar-refractivity contribution in [3.8, 4) is 0 Å². The number of fused-ring (bicyclic) bond motifs is 1. The summed E-state index contributed by atoms with van der Waals surface area (Å²) in [6.45, 7) is 6.48. The molecule has 0 aliphatic heterocycles. The van der Waals surface area contributed by atoms with Crippen molar-refractivity contribution < 1.29 is 4.79 Å². The number of hydrogen-bond acceptors (Lipinski definition) is 4. The van der Waals surface area contributed by atoms with Gasteiger partial charge in [-0.25, -0.2) is 9.97 Å². The summed E-state index contributed by atoms with van der Waals surface area (Å²) in [7, 11) is 0. The average molecular weight is 343 g/mol. The van der Waals surface area contributed by atoms with E-state index in [1.54, 1.807) is 0 Å². The molecule has 2 aromatic rings. The van der Waals surface area contributed by atoms with E-state index in [0.29, 0.717) is 23.6 Å². The Bertz CT molecular complexity index is 734. The van der Waals surface area contributed by atoms with Crippen LogP contribution >= 0.6 is 11.8 Å². The molecule has 4 nitrogen and oxygen atoms in total. The second kappa shape index (κ2) is 7.51. The fraction of sp³-hybridized carbons (Fsp3) is 0.526. The maximum absolute atomic E-state index is 12.3. The summed E-state index contributed by atoms with van der Waals surface area (Å²) in [5.41, 5.74) is 2.65. The third-order valence-corrected chi connectivity index (χ3v) is 6.16. The number of nitrogens with zero attached hydrogens (tertiary/aromatic N) is 2. The molecular formula is C19H25N3OS. The number of hydrogen-bond donors (Lipinski definition) is 1. The van der Waals surface area contributed by atoms with Crippen LogP contribution < -0.4 is 5.32 Å². The predicted molar refractivity (Wildman–Crippen MR) is 99.1 cm³/mol. The zero-order valence-corrected chi connectivity index (χ0v) is 15.4. The van der Waals surface area contributed by atoms with E-state index in [-0.39, 0.29) is 5.91 Å². The summed E-state index contributed by atoms with van der Waals surface area (Å²) in [6.07, 6.45) is 3.57. The lowest BCUT2D eigenvalue weighted by molar-refractivity contribution is -0.119. The molecule has 1 heterocycles. The number of carbonyl (C=O) groups is 1. The third kappa shape index (κ3) is 3.89. The molecule has 128 valence electrons. The first-order valence-electron chi connectivity index (χ1n) is 8.70. The molecule has 1 saturated carbocycles. The summed E-state index contributed by atoms with van der Waals surface area (Å²) in [5, 5.41) is 4.06. The molecule has 3 atom stereocenters. The zero-order valence-electron chi connectivity index (χ0n) is 14.6. The van der Waals surface area contributed by atoms with Crippen LogP contribution in [0.3, 0.4) is 0 Å². The van der Waals surface area contributed by atoms with Crippen LogP contribution in [-0.2, 0) is 4.79 Å². The van der Waals surface area contributed by atoms with Gasteiger partial charge < -0.3 is 5.32 Å². The first-order chi connectivity index (χ1) is 11.5. The quantitative estimate of drug-likeness (QED) is 0.854. The fourth-order valence-corrected chi connectivity index (χ4v) is 4.15. The SMILES string of the molecule is Cc1nc2ccccc2nc1SCC(=O)N[C@@H]1CCC[C@@H](C)[C@@H]1C. The lowest BCUT2D eigenvalue weighted by Crippen LogP contribution is -2.44. The number of nitrogens with one attached hydrogen (secondary N) is 1. The summed E-state index contributed by atoms with van der Waals surface area (Å²) in [5.74, 6) is 1.73. The summed E-state index contributed by atoms with van der Waals surface area (Å²) < 4.78 is 0. The highest BCUT2D eigenvalue weighted by molar-refractivity contribution is 7.99. The number of benzene rings is 1. The van der Waals surface area contributed by atoms with Gasteiger partial charge in [0.2, 0.25) is 5.91 Å². The second-order valence-electron chi connectivity index (χ2n) is 6.83. The first-order valence-corrected chi connectivity index (χ1v) is 9.68. The molecule has 1 aromatic carbocycles. The van der Waals surface area contributed by atoms with Gasteiger partial charge in [-0.05, 0) is 37.3 Å². The van der Waals surface area contributed by atoms with Gasteiger partial charge in [-0.15, -0.1) is 0 Å². The van der Waals surface area contributed by atoms with E-state index in [4.69, 9.17) is 0 Å². The van der Waals surface area contributed by atoms with Gasteiger partial charge in [-0.2, -0.15) is 0 Å². The van der Waals surface area contributed by atoms with Gasteiger partial charge in [-0.1, -0.05) is 50.6 Å². The second-order valence-corrected chi connectivity index (χ2v) is 7.80. The average Bonchev–Trinajstić information content (AvgIpc) is 2.57.